The summed E-state index contributed by atoms with van der Waals surface area (Å²) in [5, 5.41) is 0.285. The monoisotopic (exact) mass is 454 g/mol. The normalized spacial score (nSPS) is 13.7. The number of carbonyl (C=O) groups is 1. The Morgan fingerprint density at radius 3 is 2.53 bits per heavy atom. The maximum Gasteiger partial charge on any atom is 0.231 e. The molecule has 4 rings (SSSR count). The number of carbonyl (C=O) groups excluding carboxylic acids is 1. The highest BCUT2D eigenvalue weighted by molar-refractivity contribution is 6.31. The molecular formula is C25H20ClFO5. The lowest BCUT2D eigenvalue weighted by Gasteiger charge is -2.13. The summed E-state index contributed by atoms with van der Waals surface area (Å²) >= 11 is 6.07. The van der Waals surface area contributed by atoms with Crippen LogP contribution in [0.4, 0.5) is 4.39 Å². The number of fused-ring (bicyclic) bond motifs is 1. The van der Waals surface area contributed by atoms with Crippen LogP contribution < -0.4 is 18.9 Å². The van der Waals surface area contributed by atoms with E-state index in [2.05, 4.69) is 0 Å². The molecule has 1 heterocycles. The van der Waals surface area contributed by atoms with E-state index >= 15 is 0 Å². The van der Waals surface area contributed by atoms with Crippen LogP contribution in [-0.4, -0.2) is 20.0 Å². The molecule has 0 aromatic heterocycles. The first-order chi connectivity index (χ1) is 15.4. The summed E-state index contributed by atoms with van der Waals surface area (Å²) in [7, 11) is 3.07. The van der Waals surface area contributed by atoms with Crippen molar-refractivity contribution in [3.05, 3.63) is 87.4 Å². The molecule has 32 heavy (non-hydrogen) atoms. The molecule has 1 aliphatic heterocycles. The molecule has 0 N–H and O–H groups in total. The molecule has 0 aliphatic carbocycles. The Morgan fingerprint density at radius 1 is 1.03 bits per heavy atom. The van der Waals surface area contributed by atoms with E-state index < -0.39 is 5.82 Å². The molecule has 0 saturated carbocycles. The summed E-state index contributed by atoms with van der Waals surface area (Å²) in [5.41, 5.74) is 1.96. The van der Waals surface area contributed by atoms with Gasteiger partial charge in [-0.1, -0.05) is 29.8 Å². The number of Topliss-reactive ketones (excluding diaryl/α,β-unsaturated/α-hetero) is 1. The van der Waals surface area contributed by atoms with Gasteiger partial charge in [0.1, 0.15) is 23.9 Å². The van der Waals surface area contributed by atoms with Gasteiger partial charge in [0.15, 0.2) is 17.3 Å². The molecule has 3 aromatic rings. The van der Waals surface area contributed by atoms with Crippen LogP contribution in [0.15, 0.2) is 54.3 Å². The highest BCUT2D eigenvalue weighted by atomic mass is 35.5. The lowest BCUT2D eigenvalue weighted by Crippen LogP contribution is -2.01. The van der Waals surface area contributed by atoms with Gasteiger partial charge in [0.25, 0.3) is 0 Å². The van der Waals surface area contributed by atoms with Gasteiger partial charge < -0.3 is 18.9 Å². The van der Waals surface area contributed by atoms with Crippen molar-refractivity contribution in [1.82, 2.24) is 0 Å². The molecule has 0 spiro atoms. The van der Waals surface area contributed by atoms with Gasteiger partial charge in [-0.3, -0.25) is 4.79 Å². The summed E-state index contributed by atoms with van der Waals surface area (Å²) in [5.74, 6) is 1.37. The molecule has 0 atom stereocenters. The van der Waals surface area contributed by atoms with Crippen molar-refractivity contribution in [3.63, 3.8) is 0 Å². The second-order valence-electron chi connectivity index (χ2n) is 7.08. The fourth-order valence-electron chi connectivity index (χ4n) is 3.51. The van der Waals surface area contributed by atoms with E-state index in [0.717, 1.165) is 0 Å². The number of halogens is 2. The molecular weight excluding hydrogens is 435 g/mol. The third kappa shape index (κ3) is 3.89. The van der Waals surface area contributed by atoms with Crippen molar-refractivity contribution in [1.29, 1.82) is 0 Å². The Kier molecular flexibility index (Phi) is 6.06. The minimum absolute atomic E-state index is 0.0528. The minimum atomic E-state index is -0.444. The Hall–Kier alpha value is -3.51. The first-order valence-corrected chi connectivity index (χ1v) is 10.2. The van der Waals surface area contributed by atoms with Crippen molar-refractivity contribution in [3.8, 4) is 23.0 Å². The van der Waals surface area contributed by atoms with Gasteiger partial charge in [0.2, 0.25) is 5.78 Å². The molecule has 3 aromatic carbocycles. The quantitative estimate of drug-likeness (QED) is 0.427. The number of ketones is 1. The summed E-state index contributed by atoms with van der Waals surface area (Å²) < 4.78 is 36.5. The van der Waals surface area contributed by atoms with Gasteiger partial charge >= 0.3 is 0 Å². The van der Waals surface area contributed by atoms with Gasteiger partial charge in [-0.25, -0.2) is 4.39 Å². The van der Waals surface area contributed by atoms with Crippen LogP contribution in [-0.2, 0) is 6.61 Å². The lowest BCUT2D eigenvalue weighted by molar-refractivity contribution is 0.101. The smallest absolute Gasteiger partial charge is 0.231 e. The van der Waals surface area contributed by atoms with Crippen molar-refractivity contribution in [2.45, 2.75) is 13.5 Å². The Balaban J connectivity index is 1.62. The largest absolute Gasteiger partial charge is 0.493 e. The van der Waals surface area contributed by atoms with Crippen molar-refractivity contribution >= 4 is 23.5 Å². The van der Waals surface area contributed by atoms with Crippen LogP contribution in [0, 0.1) is 12.7 Å². The zero-order chi connectivity index (χ0) is 22.8. The molecule has 0 unspecified atom stereocenters. The molecule has 164 valence electrons. The third-order valence-electron chi connectivity index (χ3n) is 5.19. The number of hydrogen-bond acceptors (Lipinski definition) is 5. The molecule has 7 heteroatoms. The molecule has 1 aliphatic rings. The summed E-state index contributed by atoms with van der Waals surface area (Å²) in [6, 6.07) is 13.1. The summed E-state index contributed by atoms with van der Waals surface area (Å²) in [4.78, 5) is 12.9. The van der Waals surface area contributed by atoms with Gasteiger partial charge in [-0.2, -0.15) is 0 Å². The highest BCUT2D eigenvalue weighted by Crippen LogP contribution is 2.41. The molecule has 0 bridgehead atoms. The van der Waals surface area contributed by atoms with Crippen LogP contribution in [0.25, 0.3) is 6.08 Å². The van der Waals surface area contributed by atoms with Crippen LogP contribution in [0.1, 0.15) is 27.0 Å². The zero-order valence-electron chi connectivity index (χ0n) is 17.7. The van der Waals surface area contributed by atoms with Gasteiger partial charge in [0.05, 0.1) is 24.8 Å². The number of rotatable bonds is 6. The van der Waals surface area contributed by atoms with Crippen molar-refractivity contribution in [2.24, 2.45) is 0 Å². The second-order valence-corrected chi connectivity index (χ2v) is 7.48. The van der Waals surface area contributed by atoms with E-state index in [4.69, 9.17) is 30.5 Å². The molecule has 0 fully saturated rings. The highest BCUT2D eigenvalue weighted by Gasteiger charge is 2.30. The van der Waals surface area contributed by atoms with Crippen molar-refractivity contribution in [2.75, 3.05) is 14.2 Å². The fraction of sp³-hybridized carbons (Fsp3) is 0.160. The van der Waals surface area contributed by atoms with Gasteiger partial charge in [-0.15, -0.1) is 0 Å². The standard InChI is InChI=1S/C25H20ClFO5/c1-14-20(31-13-17-18(26)7-5-8-19(17)27)11-10-16-23(28)22(32-24(14)16)12-15-6-4-9-21(29-2)25(15)30-3/h4-12H,13H2,1-3H3/b22-12-. The van der Waals surface area contributed by atoms with Crippen LogP contribution in [0.5, 0.6) is 23.0 Å². The number of para-hydroxylation sites is 1. The van der Waals surface area contributed by atoms with Gasteiger partial charge in [-0.05, 0) is 43.3 Å². The summed E-state index contributed by atoms with van der Waals surface area (Å²) in [6.45, 7) is 1.72. The topological polar surface area (TPSA) is 54.0 Å². The van der Waals surface area contributed by atoms with E-state index in [0.29, 0.717) is 39.7 Å². The van der Waals surface area contributed by atoms with Crippen LogP contribution in [0.3, 0.4) is 0 Å². The first-order valence-electron chi connectivity index (χ1n) is 9.79. The van der Waals surface area contributed by atoms with E-state index in [-0.39, 0.29) is 28.7 Å². The average Bonchev–Trinajstić information content (AvgIpc) is 3.10. The van der Waals surface area contributed by atoms with E-state index in [9.17, 15) is 9.18 Å². The Bertz CT molecular complexity index is 1210. The lowest BCUT2D eigenvalue weighted by atomic mass is 10.1. The Morgan fingerprint density at radius 2 is 1.81 bits per heavy atom. The van der Waals surface area contributed by atoms with Crippen LogP contribution >= 0.6 is 11.6 Å². The zero-order valence-corrected chi connectivity index (χ0v) is 18.5. The van der Waals surface area contributed by atoms with Gasteiger partial charge in [0, 0.05) is 16.7 Å². The predicted molar refractivity (Wildman–Crippen MR) is 119 cm³/mol. The van der Waals surface area contributed by atoms with E-state index in [1.165, 1.54) is 19.2 Å². The molecule has 0 amide bonds. The number of allylic oxidation sites excluding steroid dienone is 1. The number of hydrogen-bond donors (Lipinski definition) is 0. The number of ether oxygens (including phenoxy) is 4. The van der Waals surface area contributed by atoms with E-state index in [1.54, 1.807) is 56.5 Å². The van der Waals surface area contributed by atoms with E-state index in [1.807, 2.05) is 0 Å². The molecule has 0 saturated heterocycles. The average molecular weight is 455 g/mol. The summed E-state index contributed by atoms with van der Waals surface area (Å²) in [6.07, 6.45) is 1.61. The molecule has 5 nitrogen and oxygen atoms in total. The first kappa shape index (κ1) is 21.7. The predicted octanol–water partition coefficient (Wildman–Crippen LogP) is 6.00. The third-order valence-corrected chi connectivity index (χ3v) is 5.54. The van der Waals surface area contributed by atoms with Crippen molar-refractivity contribution < 1.29 is 28.1 Å². The second kappa shape index (κ2) is 8.93. The maximum absolute atomic E-state index is 14.0. The fourth-order valence-corrected chi connectivity index (χ4v) is 3.73. The SMILES string of the molecule is COc1cccc(/C=C2\Oc3c(ccc(OCc4c(F)cccc4Cl)c3C)C2=O)c1OC. The molecule has 0 radical (unpaired) electrons. The number of methoxy groups -OCH3 is 2. The maximum atomic E-state index is 14.0. The van der Waals surface area contributed by atoms with Crippen LogP contribution in [0.2, 0.25) is 5.02 Å². The number of benzene rings is 3. The Labute approximate surface area is 189 Å². The minimum Gasteiger partial charge on any atom is -0.493 e.